The summed E-state index contributed by atoms with van der Waals surface area (Å²) < 4.78 is 16.8. The number of hydrogen-bond acceptors (Lipinski definition) is 6. The van der Waals surface area contributed by atoms with E-state index in [-0.39, 0.29) is 31.6 Å². The molecule has 0 amide bonds. The third-order valence-corrected chi connectivity index (χ3v) is 12.9. The molecule has 0 bridgehead atoms. The first kappa shape index (κ1) is 71.5. The summed E-state index contributed by atoms with van der Waals surface area (Å²) in [6.07, 6.45) is 88.8. The minimum Gasteiger partial charge on any atom is -0.462 e. The van der Waals surface area contributed by atoms with Gasteiger partial charge in [-0.3, -0.25) is 14.4 Å². The zero-order valence-corrected chi connectivity index (χ0v) is 49.2. The largest absolute Gasteiger partial charge is 0.462 e. The van der Waals surface area contributed by atoms with Gasteiger partial charge >= 0.3 is 17.9 Å². The van der Waals surface area contributed by atoms with Crippen LogP contribution in [0, 0.1) is 0 Å². The van der Waals surface area contributed by atoms with Gasteiger partial charge in [0.25, 0.3) is 0 Å². The molecule has 430 valence electrons. The van der Waals surface area contributed by atoms with E-state index in [0.717, 1.165) is 116 Å². The molecule has 1 unspecified atom stereocenters. The molecule has 0 aromatic carbocycles. The molecule has 0 spiro atoms. The maximum Gasteiger partial charge on any atom is 0.306 e. The molecule has 6 nitrogen and oxygen atoms in total. The summed E-state index contributed by atoms with van der Waals surface area (Å²) in [6, 6.07) is 0. The van der Waals surface area contributed by atoms with Crippen LogP contribution in [-0.4, -0.2) is 37.2 Å². The fourth-order valence-corrected chi connectivity index (χ4v) is 8.21. The summed E-state index contributed by atoms with van der Waals surface area (Å²) in [5.41, 5.74) is 0. The van der Waals surface area contributed by atoms with Crippen molar-refractivity contribution in [3.05, 3.63) is 134 Å². The topological polar surface area (TPSA) is 78.9 Å². The van der Waals surface area contributed by atoms with Gasteiger partial charge < -0.3 is 14.2 Å². The van der Waals surface area contributed by atoms with Crippen LogP contribution >= 0.6 is 0 Å². The Bertz CT molecular complexity index is 1630. The van der Waals surface area contributed by atoms with Crippen molar-refractivity contribution in [1.82, 2.24) is 0 Å². The Labute approximate surface area is 468 Å². The van der Waals surface area contributed by atoms with Crippen molar-refractivity contribution in [3.8, 4) is 0 Å². The molecule has 0 saturated heterocycles. The smallest absolute Gasteiger partial charge is 0.306 e. The number of carbonyl (C=O) groups is 3. The van der Waals surface area contributed by atoms with E-state index in [2.05, 4.69) is 142 Å². The Kier molecular flexibility index (Phi) is 59.4. The summed E-state index contributed by atoms with van der Waals surface area (Å²) in [5.74, 6) is -1.03. The quantitative estimate of drug-likeness (QED) is 0.0261. The minimum atomic E-state index is -0.834. The summed E-state index contributed by atoms with van der Waals surface area (Å²) in [6.45, 7) is 6.42. The second kappa shape index (κ2) is 63.1. The number of carbonyl (C=O) groups excluding carboxylic acids is 3. The molecule has 0 aromatic rings. The molecule has 0 radical (unpaired) electrons. The van der Waals surface area contributed by atoms with Crippen LogP contribution in [0.25, 0.3) is 0 Å². The standard InChI is InChI=1S/C70H114O6/c1-4-7-10-13-16-19-22-25-28-31-34-35-37-39-42-45-48-51-54-57-60-63-69(72)75-66-67(65-74-68(71)62-59-56-53-50-47-44-41-38-33-30-27-24-21-18-15-12-9-6-3)76-70(73)64-61-58-55-52-49-46-43-40-36-32-29-26-23-20-17-14-11-8-5-2/h8,11,17,20-22,24-26,29-31,33-34,36-37,39-40,46,49,55,58,67H,4-7,9-10,12-16,18-19,23,27-28,32,35,38,41-45,47-48,50-54,56-57,59-66H2,1-3H3/b11-8-,20-17-,24-21-,25-22-,29-26-,33-30-,34-31-,39-37-,40-36-,49-46-,58-55-. The number of rotatable bonds is 55. The van der Waals surface area contributed by atoms with Crippen molar-refractivity contribution >= 4 is 17.9 Å². The summed E-state index contributed by atoms with van der Waals surface area (Å²) >= 11 is 0. The fourth-order valence-electron chi connectivity index (χ4n) is 8.21. The van der Waals surface area contributed by atoms with Crippen molar-refractivity contribution in [1.29, 1.82) is 0 Å². The molecular formula is C70H114O6. The van der Waals surface area contributed by atoms with Crippen LogP contribution in [0.3, 0.4) is 0 Å². The predicted molar refractivity (Wildman–Crippen MR) is 329 cm³/mol. The van der Waals surface area contributed by atoms with Gasteiger partial charge in [0, 0.05) is 19.3 Å². The van der Waals surface area contributed by atoms with E-state index in [1.165, 1.54) is 109 Å². The van der Waals surface area contributed by atoms with Crippen LogP contribution in [0.4, 0.5) is 0 Å². The number of allylic oxidation sites excluding steroid dienone is 22. The maximum absolute atomic E-state index is 12.9. The monoisotopic (exact) mass is 1050 g/mol. The summed E-state index contributed by atoms with van der Waals surface area (Å²) in [7, 11) is 0. The minimum absolute atomic E-state index is 0.121. The lowest BCUT2D eigenvalue weighted by Crippen LogP contribution is -2.30. The van der Waals surface area contributed by atoms with Crippen molar-refractivity contribution < 1.29 is 28.6 Å². The second-order valence-corrected chi connectivity index (χ2v) is 20.2. The molecule has 1 atom stereocenters. The third-order valence-electron chi connectivity index (χ3n) is 12.9. The Morgan fingerprint density at radius 3 is 0.868 bits per heavy atom. The predicted octanol–water partition coefficient (Wildman–Crippen LogP) is 21.4. The van der Waals surface area contributed by atoms with Crippen LogP contribution in [0.5, 0.6) is 0 Å². The van der Waals surface area contributed by atoms with Gasteiger partial charge in [0.15, 0.2) is 6.10 Å². The van der Waals surface area contributed by atoms with E-state index in [9.17, 15) is 14.4 Å². The Balaban J connectivity index is 4.55. The average Bonchev–Trinajstić information content (AvgIpc) is 3.42. The average molecular weight is 1050 g/mol. The molecule has 0 aliphatic carbocycles. The van der Waals surface area contributed by atoms with Crippen molar-refractivity contribution in [2.24, 2.45) is 0 Å². The summed E-state index contributed by atoms with van der Waals surface area (Å²) in [5, 5.41) is 0. The van der Waals surface area contributed by atoms with Gasteiger partial charge in [-0.05, 0) is 128 Å². The lowest BCUT2D eigenvalue weighted by Gasteiger charge is -2.18. The Morgan fingerprint density at radius 1 is 0.276 bits per heavy atom. The molecule has 76 heavy (non-hydrogen) atoms. The highest BCUT2D eigenvalue weighted by Gasteiger charge is 2.19. The first-order valence-corrected chi connectivity index (χ1v) is 31.2. The molecule has 0 heterocycles. The van der Waals surface area contributed by atoms with E-state index in [0.29, 0.717) is 19.3 Å². The molecule has 6 heteroatoms. The van der Waals surface area contributed by atoms with Gasteiger partial charge in [-0.2, -0.15) is 0 Å². The molecule has 0 rings (SSSR count). The number of esters is 3. The molecular weight excluding hydrogens is 937 g/mol. The molecule has 0 aliphatic rings. The Morgan fingerprint density at radius 2 is 0.539 bits per heavy atom. The van der Waals surface area contributed by atoms with Crippen molar-refractivity contribution in [2.75, 3.05) is 13.2 Å². The van der Waals surface area contributed by atoms with Crippen molar-refractivity contribution in [2.45, 2.75) is 277 Å². The third kappa shape index (κ3) is 60.4. The first-order valence-electron chi connectivity index (χ1n) is 31.2. The van der Waals surface area contributed by atoms with Gasteiger partial charge in [-0.25, -0.2) is 0 Å². The maximum atomic E-state index is 12.9. The van der Waals surface area contributed by atoms with Gasteiger partial charge in [-0.1, -0.05) is 257 Å². The van der Waals surface area contributed by atoms with Gasteiger partial charge in [0.05, 0.1) is 0 Å². The highest BCUT2D eigenvalue weighted by atomic mass is 16.6. The lowest BCUT2D eigenvalue weighted by atomic mass is 10.1. The van der Waals surface area contributed by atoms with E-state index in [1.807, 2.05) is 12.2 Å². The number of hydrogen-bond donors (Lipinski definition) is 0. The van der Waals surface area contributed by atoms with E-state index in [1.54, 1.807) is 0 Å². The van der Waals surface area contributed by atoms with Crippen LogP contribution in [0.2, 0.25) is 0 Å². The first-order chi connectivity index (χ1) is 37.5. The molecule has 0 fully saturated rings. The number of unbranched alkanes of at least 4 members (excludes halogenated alkanes) is 22. The van der Waals surface area contributed by atoms with E-state index >= 15 is 0 Å². The SMILES string of the molecule is CC/C=C\C/C=C\C/C=C\C/C=C\C/C=C\C/C=C\CCC(=O)OC(COC(=O)CCCCCCCC/C=C\C/C=C\C/C=C\CCCCCCC)COC(=O)CCCCCCCCC/C=C\C/C=C\CCCCCC. The molecule has 0 aromatic heterocycles. The van der Waals surface area contributed by atoms with Crippen LogP contribution < -0.4 is 0 Å². The Hall–Kier alpha value is -4.45. The van der Waals surface area contributed by atoms with E-state index in [4.69, 9.17) is 14.2 Å². The summed E-state index contributed by atoms with van der Waals surface area (Å²) in [4.78, 5) is 38.3. The zero-order valence-electron chi connectivity index (χ0n) is 49.2. The number of ether oxygens (including phenoxy) is 3. The van der Waals surface area contributed by atoms with Crippen molar-refractivity contribution in [3.63, 3.8) is 0 Å². The molecule has 0 saturated carbocycles. The molecule has 0 aliphatic heterocycles. The zero-order chi connectivity index (χ0) is 55.0. The lowest BCUT2D eigenvalue weighted by molar-refractivity contribution is -0.166. The van der Waals surface area contributed by atoms with Crippen LogP contribution in [-0.2, 0) is 28.6 Å². The van der Waals surface area contributed by atoms with E-state index < -0.39 is 12.1 Å². The van der Waals surface area contributed by atoms with Gasteiger partial charge in [0.2, 0.25) is 0 Å². The van der Waals surface area contributed by atoms with Gasteiger partial charge in [0.1, 0.15) is 13.2 Å². The highest BCUT2D eigenvalue weighted by Crippen LogP contribution is 2.14. The van der Waals surface area contributed by atoms with Crippen LogP contribution in [0.15, 0.2) is 134 Å². The van der Waals surface area contributed by atoms with Gasteiger partial charge in [-0.15, -0.1) is 0 Å². The fraction of sp³-hybridized carbons (Fsp3) is 0.643. The normalized spacial score (nSPS) is 13.0. The molecule has 0 N–H and O–H groups in total. The second-order valence-electron chi connectivity index (χ2n) is 20.2. The van der Waals surface area contributed by atoms with Crippen LogP contribution in [0.1, 0.15) is 271 Å². The highest BCUT2D eigenvalue weighted by molar-refractivity contribution is 5.71.